The van der Waals surface area contributed by atoms with Crippen molar-refractivity contribution < 1.29 is 18.7 Å². The Balaban J connectivity index is 1.99. The van der Waals surface area contributed by atoms with Gasteiger partial charge in [-0.2, -0.15) is 0 Å². The molecule has 0 saturated carbocycles. The molecule has 0 spiro atoms. The number of nitrogens with one attached hydrogen (secondary N) is 2. The zero-order valence-electron chi connectivity index (χ0n) is 15.6. The SMILES string of the molecule is CCOC(=O)c1cc(C(C)C)sc1NC(=O)c1cc2cc(Cl)ccc2oc1=N. The van der Waals surface area contributed by atoms with Crippen LogP contribution in [-0.2, 0) is 4.74 Å². The lowest BCUT2D eigenvalue weighted by atomic mass is 10.1. The smallest absolute Gasteiger partial charge is 0.341 e. The number of benzene rings is 1. The summed E-state index contributed by atoms with van der Waals surface area (Å²) in [4.78, 5) is 26.0. The third-order valence-corrected chi connectivity index (χ3v) is 5.60. The first-order chi connectivity index (χ1) is 13.3. The summed E-state index contributed by atoms with van der Waals surface area (Å²) in [7, 11) is 0. The molecule has 2 aromatic heterocycles. The van der Waals surface area contributed by atoms with E-state index in [9.17, 15) is 9.59 Å². The van der Waals surface area contributed by atoms with Gasteiger partial charge in [-0.15, -0.1) is 11.3 Å². The monoisotopic (exact) mass is 418 g/mol. The number of hydrogen-bond acceptors (Lipinski definition) is 6. The van der Waals surface area contributed by atoms with Crippen LogP contribution < -0.4 is 10.9 Å². The first kappa shape index (κ1) is 20.1. The van der Waals surface area contributed by atoms with Crippen molar-refractivity contribution in [1.29, 1.82) is 5.41 Å². The van der Waals surface area contributed by atoms with Crippen LogP contribution in [0.25, 0.3) is 11.0 Å². The summed E-state index contributed by atoms with van der Waals surface area (Å²) >= 11 is 7.31. The van der Waals surface area contributed by atoms with Crippen molar-refractivity contribution >= 4 is 50.8 Å². The quantitative estimate of drug-likeness (QED) is 0.558. The lowest BCUT2D eigenvalue weighted by Crippen LogP contribution is -2.21. The van der Waals surface area contributed by atoms with Gasteiger partial charge in [0.25, 0.3) is 5.91 Å². The maximum Gasteiger partial charge on any atom is 0.341 e. The van der Waals surface area contributed by atoms with Crippen molar-refractivity contribution in [2.75, 3.05) is 11.9 Å². The molecule has 0 aliphatic rings. The van der Waals surface area contributed by atoms with E-state index < -0.39 is 11.9 Å². The molecule has 0 radical (unpaired) electrons. The Morgan fingerprint density at radius 2 is 2.00 bits per heavy atom. The standard InChI is InChI=1S/C20H19ClN2O4S/c1-4-26-20(25)14-9-16(10(2)3)28-19(14)23-18(24)13-8-11-7-12(21)5-6-15(11)27-17(13)22/h5-10,22H,4H2,1-3H3,(H,23,24). The number of thiophene rings is 1. The van der Waals surface area contributed by atoms with Gasteiger partial charge in [0.2, 0.25) is 5.55 Å². The number of esters is 1. The molecule has 0 fully saturated rings. The second kappa shape index (κ2) is 8.16. The molecule has 6 nitrogen and oxygen atoms in total. The Morgan fingerprint density at radius 3 is 2.68 bits per heavy atom. The fourth-order valence-corrected chi connectivity index (χ4v) is 3.82. The van der Waals surface area contributed by atoms with E-state index in [1.54, 1.807) is 37.3 Å². The van der Waals surface area contributed by atoms with Gasteiger partial charge in [0.15, 0.2) is 0 Å². The zero-order chi connectivity index (χ0) is 20.4. The van der Waals surface area contributed by atoms with Gasteiger partial charge in [-0.05, 0) is 43.2 Å². The summed E-state index contributed by atoms with van der Waals surface area (Å²) in [5.41, 5.74) is 0.530. The molecule has 0 aliphatic carbocycles. The van der Waals surface area contributed by atoms with Crippen LogP contribution in [0.15, 0.2) is 34.7 Å². The number of fused-ring (bicyclic) bond motifs is 1. The van der Waals surface area contributed by atoms with Crippen LogP contribution in [-0.4, -0.2) is 18.5 Å². The van der Waals surface area contributed by atoms with Crippen molar-refractivity contribution in [3.05, 3.63) is 56.9 Å². The van der Waals surface area contributed by atoms with E-state index >= 15 is 0 Å². The van der Waals surface area contributed by atoms with Crippen LogP contribution in [0, 0.1) is 5.41 Å². The van der Waals surface area contributed by atoms with Gasteiger partial charge in [0, 0.05) is 15.3 Å². The molecule has 3 aromatic rings. The number of anilines is 1. The van der Waals surface area contributed by atoms with Crippen LogP contribution in [0.3, 0.4) is 0 Å². The molecule has 2 heterocycles. The van der Waals surface area contributed by atoms with Gasteiger partial charge < -0.3 is 14.5 Å². The number of rotatable bonds is 5. The van der Waals surface area contributed by atoms with E-state index in [4.69, 9.17) is 26.2 Å². The predicted octanol–water partition coefficient (Wildman–Crippen LogP) is 5.18. The summed E-state index contributed by atoms with van der Waals surface area (Å²) in [5, 5.41) is 12.2. The van der Waals surface area contributed by atoms with Gasteiger partial charge >= 0.3 is 5.97 Å². The van der Waals surface area contributed by atoms with Gasteiger partial charge in [0.1, 0.15) is 16.1 Å². The number of carbonyl (C=O) groups is 2. The molecule has 0 aliphatic heterocycles. The first-order valence-electron chi connectivity index (χ1n) is 8.70. The molecule has 0 saturated heterocycles. The third-order valence-electron chi connectivity index (χ3n) is 4.02. The van der Waals surface area contributed by atoms with Crippen molar-refractivity contribution in [3.63, 3.8) is 0 Å². The molecule has 0 unspecified atom stereocenters. The average Bonchev–Trinajstić information content (AvgIpc) is 3.06. The minimum Gasteiger partial charge on any atom is -0.462 e. The molecule has 3 rings (SSSR count). The average molecular weight is 419 g/mol. The second-order valence-corrected chi connectivity index (χ2v) is 7.91. The van der Waals surface area contributed by atoms with Crippen LogP contribution >= 0.6 is 22.9 Å². The van der Waals surface area contributed by atoms with Gasteiger partial charge in [-0.3, -0.25) is 10.2 Å². The molecular formula is C20H19ClN2O4S. The highest BCUT2D eigenvalue weighted by Gasteiger charge is 2.22. The Hall–Kier alpha value is -2.64. The van der Waals surface area contributed by atoms with Crippen molar-refractivity contribution in [1.82, 2.24) is 0 Å². The van der Waals surface area contributed by atoms with Gasteiger partial charge in [-0.25, -0.2) is 4.79 Å². The largest absolute Gasteiger partial charge is 0.462 e. The zero-order valence-corrected chi connectivity index (χ0v) is 17.2. The van der Waals surface area contributed by atoms with Crippen molar-refractivity contribution in [2.24, 2.45) is 0 Å². The van der Waals surface area contributed by atoms with Crippen molar-refractivity contribution in [2.45, 2.75) is 26.7 Å². The van der Waals surface area contributed by atoms with E-state index in [1.807, 2.05) is 13.8 Å². The summed E-state index contributed by atoms with van der Waals surface area (Å²) < 4.78 is 10.5. The third kappa shape index (κ3) is 4.10. The Labute approximate surface area is 170 Å². The second-order valence-electron chi connectivity index (χ2n) is 6.39. The lowest BCUT2D eigenvalue weighted by molar-refractivity contribution is 0.0528. The highest BCUT2D eigenvalue weighted by atomic mass is 35.5. The van der Waals surface area contributed by atoms with Gasteiger partial charge in [-0.1, -0.05) is 25.4 Å². The number of amides is 1. The van der Waals surface area contributed by atoms with Crippen LogP contribution in [0.4, 0.5) is 5.00 Å². The Bertz CT molecular complexity index is 1120. The molecule has 28 heavy (non-hydrogen) atoms. The molecule has 1 amide bonds. The first-order valence-corrected chi connectivity index (χ1v) is 9.89. The summed E-state index contributed by atoms with van der Waals surface area (Å²) in [6.07, 6.45) is 0. The lowest BCUT2D eigenvalue weighted by Gasteiger charge is -2.07. The highest BCUT2D eigenvalue weighted by Crippen LogP contribution is 2.33. The molecule has 0 atom stereocenters. The maximum atomic E-state index is 12.8. The normalized spacial score (nSPS) is 11.0. The molecule has 0 bridgehead atoms. The number of carbonyl (C=O) groups excluding carboxylic acids is 2. The van der Waals surface area contributed by atoms with Gasteiger partial charge in [0.05, 0.1) is 12.2 Å². The van der Waals surface area contributed by atoms with Crippen LogP contribution in [0.2, 0.25) is 5.02 Å². The molecule has 8 heteroatoms. The Morgan fingerprint density at radius 1 is 1.25 bits per heavy atom. The molecular weight excluding hydrogens is 400 g/mol. The fraction of sp³-hybridized carbons (Fsp3) is 0.250. The molecule has 146 valence electrons. The molecule has 2 N–H and O–H groups in total. The van der Waals surface area contributed by atoms with Crippen LogP contribution in [0.5, 0.6) is 0 Å². The Kier molecular flexibility index (Phi) is 5.86. The van der Waals surface area contributed by atoms with Crippen molar-refractivity contribution in [3.8, 4) is 0 Å². The molecule has 1 aromatic carbocycles. The highest BCUT2D eigenvalue weighted by molar-refractivity contribution is 7.16. The summed E-state index contributed by atoms with van der Waals surface area (Å²) in [6, 6.07) is 8.23. The number of hydrogen-bond donors (Lipinski definition) is 2. The maximum absolute atomic E-state index is 12.8. The number of halogens is 1. The number of ether oxygens (including phenoxy) is 1. The van der Waals surface area contributed by atoms with E-state index in [-0.39, 0.29) is 23.6 Å². The van der Waals surface area contributed by atoms with E-state index in [0.717, 1.165) is 4.88 Å². The van der Waals surface area contributed by atoms with Crippen LogP contribution in [0.1, 0.15) is 52.3 Å². The topological polar surface area (TPSA) is 92.4 Å². The van der Waals surface area contributed by atoms with E-state index in [1.165, 1.54) is 11.3 Å². The minimum absolute atomic E-state index is 0.0454. The predicted molar refractivity (Wildman–Crippen MR) is 109 cm³/mol. The minimum atomic E-state index is -0.543. The van der Waals surface area contributed by atoms with E-state index in [0.29, 0.717) is 26.6 Å². The fourth-order valence-electron chi connectivity index (χ4n) is 2.60. The summed E-state index contributed by atoms with van der Waals surface area (Å²) in [5.74, 6) is -0.853. The summed E-state index contributed by atoms with van der Waals surface area (Å²) in [6.45, 7) is 5.96. The van der Waals surface area contributed by atoms with E-state index in [2.05, 4.69) is 5.32 Å².